The Morgan fingerprint density at radius 3 is 2.86 bits per heavy atom. The van der Waals surface area contributed by atoms with E-state index in [2.05, 4.69) is 43.5 Å². The predicted octanol–water partition coefficient (Wildman–Crippen LogP) is 4.56. The van der Waals surface area contributed by atoms with Crippen LogP contribution in [0.5, 0.6) is 0 Å². The van der Waals surface area contributed by atoms with Crippen LogP contribution in [0.4, 0.5) is 0 Å². The van der Waals surface area contributed by atoms with Gasteiger partial charge in [0.2, 0.25) is 0 Å². The van der Waals surface area contributed by atoms with Crippen molar-refractivity contribution < 1.29 is 0 Å². The number of nitrogens with zero attached hydrogens (tertiary/aromatic N) is 1. The highest BCUT2D eigenvalue weighted by Gasteiger charge is 2.08. The van der Waals surface area contributed by atoms with Crippen LogP contribution in [-0.2, 0) is 0 Å². The lowest BCUT2D eigenvalue weighted by Crippen LogP contribution is -1.87. The van der Waals surface area contributed by atoms with E-state index in [0.717, 1.165) is 24.0 Å². The van der Waals surface area contributed by atoms with Crippen LogP contribution in [0.3, 0.4) is 0 Å². The molecule has 0 N–H and O–H groups in total. The summed E-state index contributed by atoms with van der Waals surface area (Å²) in [6, 6.07) is 4.04. The molecule has 2 rings (SSSR count). The fourth-order valence-corrected chi connectivity index (χ4v) is 2.35. The maximum atomic E-state index is 6.18. The molecule has 0 spiro atoms. The minimum Gasteiger partial charge on any atom is -0.254 e. The van der Waals surface area contributed by atoms with Gasteiger partial charge < -0.3 is 0 Å². The van der Waals surface area contributed by atoms with Gasteiger partial charge in [-0.1, -0.05) is 23.7 Å². The van der Waals surface area contributed by atoms with Crippen LogP contribution in [0.15, 0.2) is 22.8 Å². The highest BCUT2D eigenvalue weighted by Crippen LogP contribution is 2.32. The van der Waals surface area contributed by atoms with Crippen molar-refractivity contribution in [2.45, 2.75) is 6.92 Å². The lowest BCUT2D eigenvalue weighted by molar-refractivity contribution is 1.35. The Morgan fingerprint density at radius 2 is 2.14 bits per heavy atom. The smallest absolute Gasteiger partial charge is 0.0862 e. The second-order valence-electron chi connectivity index (χ2n) is 3.01. The van der Waals surface area contributed by atoms with E-state index < -0.39 is 0 Å². The van der Waals surface area contributed by atoms with Crippen LogP contribution in [0.2, 0.25) is 5.02 Å². The Labute approximate surface area is 109 Å². The molecule has 0 saturated heterocycles. The summed E-state index contributed by atoms with van der Waals surface area (Å²) in [5, 5.41) is 1.77. The van der Waals surface area contributed by atoms with Crippen molar-refractivity contribution in [1.82, 2.24) is 4.98 Å². The van der Waals surface area contributed by atoms with E-state index in [-0.39, 0.29) is 0 Å². The molecule has 0 aliphatic heterocycles. The minimum atomic E-state index is 0.774. The van der Waals surface area contributed by atoms with E-state index in [1.165, 1.54) is 5.56 Å². The van der Waals surface area contributed by atoms with Gasteiger partial charge in [0, 0.05) is 16.1 Å². The monoisotopic (exact) mass is 381 g/mol. The highest BCUT2D eigenvalue weighted by molar-refractivity contribution is 14.1. The third kappa shape index (κ3) is 1.66. The molecule has 0 radical (unpaired) electrons. The standard InChI is InChI=1S/C10H6BrClIN/c1-5-2-3-6-9(12)7(13)4-14-10(6)8(5)11/h2-4H,1H3. The molecule has 1 heterocycles. The number of benzene rings is 1. The molecule has 1 aromatic carbocycles. The molecule has 72 valence electrons. The van der Waals surface area contributed by atoms with Gasteiger partial charge in [-0.15, -0.1) is 0 Å². The first-order valence-corrected chi connectivity index (χ1v) is 6.25. The highest BCUT2D eigenvalue weighted by atomic mass is 127. The molecular weight excluding hydrogens is 376 g/mol. The molecule has 1 nitrogen and oxygen atoms in total. The van der Waals surface area contributed by atoms with E-state index in [9.17, 15) is 0 Å². The van der Waals surface area contributed by atoms with Crippen molar-refractivity contribution >= 4 is 61.0 Å². The summed E-state index contributed by atoms with van der Waals surface area (Å²) in [5.41, 5.74) is 2.10. The SMILES string of the molecule is Cc1ccc2c(Cl)c(I)cnc2c1Br. The van der Waals surface area contributed by atoms with Gasteiger partial charge in [-0.05, 0) is 51.0 Å². The summed E-state index contributed by atoms with van der Waals surface area (Å²) >= 11 is 11.9. The van der Waals surface area contributed by atoms with Crippen molar-refractivity contribution in [3.63, 3.8) is 0 Å². The van der Waals surface area contributed by atoms with Gasteiger partial charge in [0.1, 0.15) is 0 Å². The zero-order chi connectivity index (χ0) is 10.3. The molecule has 0 aliphatic carbocycles. The summed E-state index contributed by atoms with van der Waals surface area (Å²) in [7, 11) is 0. The van der Waals surface area contributed by atoms with Crippen LogP contribution in [0.25, 0.3) is 10.9 Å². The molecule has 0 bridgehead atoms. The van der Waals surface area contributed by atoms with Crippen LogP contribution in [0.1, 0.15) is 5.56 Å². The Bertz CT molecular complexity index is 466. The van der Waals surface area contributed by atoms with Gasteiger partial charge in [0.15, 0.2) is 0 Å². The fraction of sp³-hybridized carbons (Fsp3) is 0.100. The average Bonchev–Trinajstić information content (AvgIpc) is 2.17. The first-order valence-electron chi connectivity index (χ1n) is 4.00. The Kier molecular flexibility index (Phi) is 3.00. The predicted molar refractivity (Wildman–Crippen MR) is 71.9 cm³/mol. The van der Waals surface area contributed by atoms with Gasteiger partial charge in [0.25, 0.3) is 0 Å². The molecule has 0 fully saturated rings. The van der Waals surface area contributed by atoms with Gasteiger partial charge in [-0.25, -0.2) is 0 Å². The zero-order valence-electron chi connectivity index (χ0n) is 7.31. The lowest BCUT2D eigenvalue weighted by atomic mass is 10.1. The number of aromatic nitrogens is 1. The lowest BCUT2D eigenvalue weighted by Gasteiger charge is -2.05. The molecule has 1 aromatic heterocycles. The molecule has 0 aliphatic rings. The van der Waals surface area contributed by atoms with Crippen molar-refractivity contribution in [2.75, 3.05) is 0 Å². The number of fused-ring (bicyclic) bond motifs is 1. The quantitative estimate of drug-likeness (QED) is 0.609. The van der Waals surface area contributed by atoms with Crippen molar-refractivity contribution in [1.29, 1.82) is 0 Å². The molecular formula is C10H6BrClIN. The second-order valence-corrected chi connectivity index (χ2v) is 5.35. The van der Waals surface area contributed by atoms with E-state index in [1.807, 2.05) is 19.1 Å². The van der Waals surface area contributed by atoms with Crippen LogP contribution >= 0.6 is 50.1 Å². The zero-order valence-corrected chi connectivity index (χ0v) is 11.8. The average molecular weight is 382 g/mol. The molecule has 0 atom stereocenters. The Hall–Kier alpha value is 0.130. The maximum Gasteiger partial charge on any atom is 0.0862 e. The van der Waals surface area contributed by atoms with Crippen molar-refractivity contribution in [2.24, 2.45) is 0 Å². The van der Waals surface area contributed by atoms with Crippen molar-refractivity contribution in [3.05, 3.63) is 37.0 Å². The fourth-order valence-electron chi connectivity index (χ4n) is 1.28. The molecule has 4 heteroatoms. The topological polar surface area (TPSA) is 12.9 Å². The summed E-state index contributed by atoms with van der Waals surface area (Å²) < 4.78 is 2.00. The van der Waals surface area contributed by atoms with Crippen molar-refractivity contribution in [3.8, 4) is 0 Å². The van der Waals surface area contributed by atoms with E-state index >= 15 is 0 Å². The normalized spacial score (nSPS) is 10.9. The van der Waals surface area contributed by atoms with Crippen LogP contribution in [0, 0.1) is 10.5 Å². The summed E-state index contributed by atoms with van der Waals surface area (Å²) in [6.45, 7) is 2.04. The number of rotatable bonds is 0. The number of aryl methyl sites for hydroxylation is 1. The first-order chi connectivity index (χ1) is 6.61. The maximum absolute atomic E-state index is 6.18. The summed E-state index contributed by atoms with van der Waals surface area (Å²) in [4.78, 5) is 4.36. The third-order valence-electron chi connectivity index (χ3n) is 2.06. The minimum absolute atomic E-state index is 0.774. The Balaban J connectivity index is 2.94. The van der Waals surface area contributed by atoms with Crippen LogP contribution < -0.4 is 0 Å². The molecule has 0 amide bonds. The van der Waals surface area contributed by atoms with Gasteiger partial charge >= 0.3 is 0 Å². The third-order valence-corrected chi connectivity index (χ3v) is 4.61. The van der Waals surface area contributed by atoms with Gasteiger partial charge in [0.05, 0.1) is 14.1 Å². The number of hydrogen-bond acceptors (Lipinski definition) is 1. The number of halogens is 3. The van der Waals surface area contributed by atoms with E-state index in [0.29, 0.717) is 0 Å². The molecule has 0 unspecified atom stereocenters. The number of hydrogen-bond donors (Lipinski definition) is 0. The summed E-state index contributed by atoms with van der Waals surface area (Å²) in [5.74, 6) is 0. The van der Waals surface area contributed by atoms with Gasteiger partial charge in [-0.2, -0.15) is 0 Å². The second kappa shape index (κ2) is 3.94. The molecule has 0 saturated carbocycles. The van der Waals surface area contributed by atoms with Gasteiger partial charge in [-0.3, -0.25) is 4.98 Å². The van der Waals surface area contributed by atoms with E-state index in [4.69, 9.17) is 11.6 Å². The number of pyridine rings is 1. The summed E-state index contributed by atoms with van der Waals surface area (Å²) in [6.07, 6.45) is 1.79. The molecule has 14 heavy (non-hydrogen) atoms. The Morgan fingerprint density at radius 1 is 1.43 bits per heavy atom. The van der Waals surface area contributed by atoms with Crippen LogP contribution in [-0.4, -0.2) is 4.98 Å². The molecule has 2 aromatic rings. The first kappa shape index (κ1) is 10.6. The van der Waals surface area contributed by atoms with E-state index in [1.54, 1.807) is 6.20 Å². The largest absolute Gasteiger partial charge is 0.254 e.